The van der Waals surface area contributed by atoms with E-state index in [9.17, 15) is 4.79 Å². The number of hydrogen-bond acceptors (Lipinski definition) is 7. The molecule has 168 valence electrons. The molecule has 0 amide bonds. The smallest absolute Gasteiger partial charge is 0.255 e. The topological polar surface area (TPSA) is 111 Å². The number of rotatable bonds is 8. The molecule has 33 heavy (non-hydrogen) atoms. The summed E-state index contributed by atoms with van der Waals surface area (Å²) in [6, 6.07) is 21.2. The van der Waals surface area contributed by atoms with E-state index in [1.54, 1.807) is 19.3 Å². The third-order valence-corrected chi connectivity index (χ3v) is 5.24. The third-order valence-electron chi connectivity index (χ3n) is 5.24. The normalized spacial score (nSPS) is 11.7. The molecule has 2 aromatic carbocycles. The summed E-state index contributed by atoms with van der Waals surface area (Å²) < 4.78 is 1.45. The van der Waals surface area contributed by atoms with E-state index in [1.165, 1.54) is 16.2 Å². The number of nitrogens with two attached hydrogens (primary N) is 1. The van der Waals surface area contributed by atoms with E-state index in [0.717, 1.165) is 17.5 Å². The van der Waals surface area contributed by atoms with Crippen LogP contribution in [0.1, 0.15) is 18.1 Å². The van der Waals surface area contributed by atoms with Crippen molar-refractivity contribution in [1.82, 2.24) is 19.5 Å². The predicted octanol–water partition coefficient (Wildman–Crippen LogP) is 3.48. The van der Waals surface area contributed by atoms with Crippen molar-refractivity contribution in [3.8, 4) is 11.3 Å². The second kappa shape index (κ2) is 10.1. The Bertz CT molecular complexity index is 1290. The summed E-state index contributed by atoms with van der Waals surface area (Å²) in [5.41, 5.74) is 9.36. The van der Waals surface area contributed by atoms with Crippen LogP contribution in [0.5, 0.6) is 0 Å². The van der Waals surface area contributed by atoms with Gasteiger partial charge in [-0.3, -0.25) is 9.36 Å². The molecule has 0 aliphatic heterocycles. The minimum atomic E-state index is -0.160. The second-order valence-corrected chi connectivity index (χ2v) is 7.89. The van der Waals surface area contributed by atoms with E-state index < -0.39 is 0 Å². The number of nitrogens with one attached hydrogen (secondary N) is 2. The first kappa shape index (κ1) is 22.2. The molecular weight excluding hydrogens is 414 g/mol. The molecule has 0 saturated carbocycles. The second-order valence-electron chi connectivity index (χ2n) is 7.89. The molecule has 4 aromatic rings. The largest absolute Gasteiger partial charge is 0.351 e. The quantitative estimate of drug-likeness (QED) is 0.384. The third kappa shape index (κ3) is 5.61. The molecule has 0 aliphatic rings. The first-order valence-electron chi connectivity index (χ1n) is 10.8. The highest BCUT2D eigenvalue weighted by molar-refractivity contribution is 5.61. The van der Waals surface area contributed by atoms with Crippen LogP contribution in [0, 0.1) is 0 Å². The molecule has 2 aromatic heterocycles. The van der Waals surface area contributed by atoms with Gasteiger partial charge in [-0.2, -0.15) is 4.98 Å². The van der Waals surface area contributed by atoms with E-state index in [-0.39, 0.29) is 11.6 Å². The molecule has 1 unspecified atom stereocenters. The monoisotopic (exact) mass is 441 g/mol. The van der Waals surface area contributed by atoms with Gasteiger partial charge in [0.1, 0.15) is 5.82 Å². The lowest BCUT2D eigenvalue weighted by Crippen LogP contribution is -2.22. The van der Waals surface area contributed by atoms with Crippen LogP contribution in [0.3, 0.4) is 0 Å². The summed E-state index contributed by atoms with van der Waals surface area (Å²) in [5, 5.41) is 6.48. The van der Waals surface area contributed by atoms with Crippen molar-refractivity contribution in [2.45, 2.75) is 25.9 Å². The van der Waals surface area contributed by atoms with Gasteiger partial charge in [0.05, 0.1) is 5.69 Å². The van der Waals surface area contributed by atoms with Crippen molar-refractivity contribution in [3.05, 3.63) is 94.4 Å². The summed E-state index contributed by atoms with van der Waals surface area (Å²) in [6.07, 6.45) is 2.47. The molecule has 0 fully saturated rings. The zero-order valence-electron chi connectivity index (χ0n) is 18.7. The van der Waals surface area contributed by atoms with Crippen LogP contribution in [0.15, 0.2) is 77.7 Å². The van der Waals surface area contributed by atoms with Crippen molar-refractivity contribution in [2.75, 3.05) is 10.6 Å². The first-order valence-corrected chi connectivity index (χ1v) is 10.8. The molecule has 4 rings (SSSR count). The highest BCUT2D eigenvalue weighted by Gasteiger charge is 2.10. The van der Waals surface area contributed by atoms with Crippen LogP contribution in [0.4, 0.5) is 17.7 Å². The van der Waals surface area contributed by atoms with Crippen molar-refractivity contribution in [2.24, 2.45) is 12.8 Å². The lowest BCUT2D eigenvalue weighted by Gasteiger charge is -2.15. The van der Waals surface area contributed by atoms with Gasteiger partial charge in [0.2, 0.25) is 11.9 Å². The molecule has 0 saturated heterocycles. The van der Waals surface area contributed by atoms with Gasteiger partial charge in [-0.1, -0.05) is 54.6 Å². The molecule has 0 aliphatic carbocycles. The summed E-state index contributed by atoms with van der Waals surface area (Å²) in [4.78, 5) is 26.0. The Morgan fingerprint density at radius 3 is 2.58 bits per heavy atom. The molecule has 2 heterocycles. The molecular formula is C25H27N7O. The van der Waals surface area contributed by atoms with Crippen LogP contribution >= 0.6 is 0 Å². The Balaban J connectivity index is 1.50. The fourth-order valence-electron chi connectivity index (χ4n) is 3.53. The fourth-order valence-corrected chi connectivity index (χ4v) is 3.53. The van der Waals surface area contributed by atoms with E-state index in [2.05, 4.69) is 44.6 Å². The zero-order valence-corrected chi connectivity index (χ0v) is 18.7. The van der Waals surface area contributed by atoms with Crippen LogP contribution in [0.25, 0.3) is 11.3 Å². The highest BCUT2D eigenvalue weighted by atomic mass is 16.1. The Hall–Kier alpha value is -4.04. The van der Waals surface area contributed by atoms with Gasteiger partial charge in [-0.15, -0.1) is 0 Å². The number of aromatic nitrogens is 4. The van der Waals surface area contributed by atoms with Crippen LogP contribution < -0.4 is 21.9 Å². The van der Waals surface area contributed by atoms with Crippen molar-refractivity contribution >= 4 is 17.7 Å². The van der Waals surface area contributed by atoms with E-state index in [1.807, 2.05) is 42.5 Å². The van der Waals surface area contributed by atoms with Gasteiger partial charge in [-0.05, 0) is 30.5 Å². The maximum Gasteiger partial charge on any atom is 0.255 e. The lowest BCUT2D eigenvalue weighted by atomic mass is 10.0. The van der Waals surface area contributed by atoms with E-state index in [4.69, 9.17) is 5.73 Å². The molecule has 8 heteroatoms. The average molecular weight is 442 g/mol. The number of benzene rings is 2. The van der Waals surface area contributed by atoms with Gasteiger partial charge in [0.15, 0.2) is 0 Å². The molecule has 0 radical (unpaired) electrons. The minimum Gasteiger partial charge on any atom is -0.351 e. The number of nitrogens with zero attached hydrogens (tertiary/aromatic N) is 4. The van der Waals surface area contributed by atoms with Gasteiger partial charge in [-0.25, -0.2) is 9.97 Å². The van der Waals surface area contributed by atoms with Gasteiger partial charge < -0.3 is 16.4 Å². The maximum atomic E-state index is 12.5. The van der Waals surface area contributed by atoms with Crippen molar-refractivity contribution < 1.29 is 0 Å². The molecule has 4 N–H and O–H groups in total. The highest BCUT2D eigenvalue weighted by Crippen LogP contribution is 2.19. The Morgan fingerprint density at radius 2 is 1.79 bits per heavy atom. The summed E-state index contributed by atoms with van der Waals surface area (Å²) in [5.74, 6) is 1.43. The Labute approximate surface area is 192 Å². The van der Waals surface area contributed by atoms with Crippen molar-refractivity contribution in [3.63, 3.8) is 0 Å². The zero-order chi connectivity index (χ0) is 23.2. The number of hydrogen-bond donors (Lipinski definition) is 3. The van der Waals surface area contributed by atoms with Crippen LogP contribution in [-0.2, 0) is 20.0 Å². The fraction of sp³-hybridized carbons (Fsp3) is 0.200. The average Bonchev–Trinajstić information content (AvgIpc) is 2.82. The minimum absolute atomic E-state index is 0.108. The number of anilines is 3. The van der Waals surface area contributed by atoms with Gasteiger partial charge >= 0.3 is 0 Å². The maximum absolute atomic E-state index is 12.5. The Morgan fingerprint density at radius 1 is 1.00 bits per heavy atom. The van der Waals surface area contributed by atoms with Gasteiger partial charge in [0.25, 0.3) is 5.56 Å². The Kier molecular flexibility index (Phi) is 6.75. The molecule has 0 bridgehead atoms. The van der Waals surface area contributed by atoms with Gasteiger partial charge in [0, 0.05) is 37.5 Å². The van der Waals surface area contributed by atoms with Crippen LogP contribution in [-0.4, -0.2) is 25.6 Å². The predicted molar refractivity (Wildman–Crippen MR) is 131 cm³/mol. The molecule has 0 spiro atoms. The van der Waals surface area contributed by atoms with Crippen LogP contribution in [0.2, 0.25) is 0 Å². The summed E-state index contributed by atoms with van der Waals surface area (Å²) in [7, 11) is 1.67. The van der Waals surface area contributed by atoms with E-state index >= 15 is 0 Å². The van der Waals surface area contributed by atoms with Crippen molar-refractivity contribution in [1.29, 1.82) is 0 Å². The SMILES string of the molecule is CC(Cc1cccc(CN)c1)Nc1nccc(Nc2nc(-c3ccccc3)cc(=O)n2C)n1. The summed E-state index contributed by atoms with van der Waals surface area (Å²) >= 11 is 0. The van der Waals surface area contributed by atoms with E-state index in [0.29, 0.717) is 30.0 Å². The summed E-state index contributed by atoms with van der Waals surface area (Å²) in [6.45, 7) is 2.60. The standard InChI is InChI=1S/C25H27N7O/c1-17(13-18-7-6-8-19(14-18)16-26)28-24-27-12-11-22(30-24)31-25-29-21(15-23(33)32(25)2)20-9-4-3-5-10-20/h3-12,14-15,17H,13,16,26H2,1-2H3,(H2,27,28,29,30,31). The first-order chi connectivity index (χ1) is 16.0. The lowest BCUT2D eigenvalue weighted by molar-refractivity contribution is 0.775. The molecule has 1 atom stereocenters. The molecule has 8 nitrogen and oxygen atoms in total.